The van der Waals surface area contributed by atoms with Gasteiger partial charge in [-0.3, -0.25) is 0 Å². The summed E-state index contributed by atoms with van der Waals surface area (Å²) in [5.41, 5.74) is 1.27. The molecule has 0 amide bonds. The second-order valence-electron chi connectivity index (χ2n) is 3.96. The predicted octanol–water partition coefficient (Wildman–Crippen LogP) is 0.471. The van der Waals surface area contributed by atoms with Crippen molar-refractivity contribution in [2.24, 2.45) is 0 Å². The van der Waals surface area contributed by atoms with Crippen molar-refractivity contribution in [3.63, 3.8) is 0 Å². The summed E-state index contributed by atoms with van der Waals surface area (Å²) in [6, 6.07) is 8.87. The van der Waals surface area contributed by atoms with Crippen LogP contribution in [0.5, 0.6) is 0 Å². The number of benzene rings is 1. The first-order valence-corrected chi connectivity index (χ1v) is 7.12. The number of nitrogens with zero attached hydrogens (tertiary/aromatic N) is 2. The molecule has 0 heterocycles. The molecule has 0 aliphatic heterocycles. The lowest BCUT2D eigenvalue weighted by molar-refractivity contribution is 0.204. The summed E-state index contributed by atoms with van der Waals surface area (Å²) in [6.45, 7) is 0.746. The van der Waals surface area contributed by atoms with Gasteiger partial charge >= 0.3 is 0 Å². The number of methoxy groups -OCH3 is 1. The van der Waals surface area contributed by atoms with E-state index < -0.39 is 10.2 Å². The Balaban J connectivity index is 2.67. The van der Waals surface area contributed by atoms with Crippen molar-refractivity contribution >= 4 is 10.2 Å². The Hall–Kier alpha value is -1.46. The fourth-order valence-electron chi connectivity index (χ4n) is 1.46. The van der Waals surface area contributed by atoms with Gasteiger partial charge in [-0.1, -0.05) is 12.1 Å². The van der Waals surface area contributed by atoms with Gasteiger partial charge in [-0.05, 0) is 17.7 Å². The highest BCUT2D eigenvalue weighted by molar-refractivity contribution is 7.87. The molecule has 6 nitrogen and oxygen atoms in total. The third-order valence-corrected chi connectivity index (χ3v) is 3.98. The van der Waals surface area contributed by atoms with Gasteiger partial charge in [0.25, 0.3) is 10.2 Å². The van der Waals surface area contributed by atoms with Gasteiger partial charge in [0.05, 0.1) is 18.2 Å². The van der Waals surface area contributed by atoms with E-state index >= 15 is 0 Å². The zero-order chi connectivity index (χ0) is 14.3. The molecule has 0 radical (unpaired) electrons. The Labute approximate surface area is 113 Å². The number of hydrogen-bond acceptors (Lipinski definition) is 4. The van der Waals surface area contributed by atoms with Crippen LogP contribution in [0, 0.1) is 11.3 Å². The van der Waals surface area contributed by atoms with Gasteiger partial charge in [0.1, 0.15) is 0 Å². The Morgan fingerprint density at radius 3 is 2.84 bits per heavy atom. The second-order valence-corrected chi connectivity index (χ2v) is 5.82. The Morgan fingerprint density at radius 2 is 2.21 bits per heavy atom. The van der Waals surface area contributed by atoms with E-state index in [4.69, 9.17) is 10.00 Å². The fraction of sp³-hybridized carbons (Fsp3) is 0.417. The molecule has 0 atom stereocenters. The SMILES string of the molecule is COCCNS(=O)(=O)N(C)Cc1cccc(C#N)c1. The molecule has 7 heteroatoms. The minimum atomic E-state index is -3.53. The molecule has 0 bridgehead atoms. The molecule has 1 aromatic carbocycles. The molecule has 1 rings (SSSR count). The third-order valence-electron chi connectivity index (χ3n) is 2.46. The quantitative estimate of drug-likeness (QED) is 0.737. The number of nitrogens with one attached hydrogen (secondary N) is 1. The van der Waals surface area contributed by atoms with Gasteiger partial charge in [0, 0.05) is 27.2 Å². The van der Waals surface area contributed by atoms with Gasteiger partial charge in [-0.2, -0.15) is 22.7 Å². The van der Waals surface area contributed by atoms with E-state index in [0.29, 0.717) is 12.2 Å². The zero-order valence-corrected chi connectivity index (χ0v) is 11.8. The van der Waals surface area contributed by atoms with E-state index in [-0.39, 0.29) is 13.1 Å². The summed E-state index contributed by atoms with van der Waals surface area (Å²) in [5.74, 6) is 0. The summed E-state index contributed by atoms with van der Waals surface area (Å²) in [6.07, 6.45) is 0. The van der Waals surface area contributed by atoms with E-state index in [1.54, 1.807) is 24.3 Å². The van der Waals surface area contributed by atoms with Crippen LogP contribution in [0.2, 0.25) is 0 Å². The van der Waals surface area contributed by atoms with Crippen LogP contribution in [0.1, 0.15) is 11.1 Å². The van der Waals surface area contributed by atoms with Gasteiger partial charge in [0.15, 0.2) is 0 Å². The average molecular weight is 283 g/mol. The van der Waals surface area contributed by atoms with Crippen molar-refractivity contribution < 1.29 is 13.2 Å². The van der Waals surface area contributed by atoms with E-state index in [1.165, 1.54) is 18.5 Å². The summed E-state index contributed by atoms with van der Waals surface area (Å²) in [5, 5.41) is 8.79. The minimum absolute atomic E-state index is 0.206. The lowest BCUT2D eigenvalue weighted by Crippen LogP contribution is -2.39. The minimum Gasteiger partial charge on any atom is -0.383 e. The summed E-state index contributed by atoms with van der Waals surface area (Å²) >= 11 is 0. The number of nitriles is 1. The number of rotatable bonds is 7. The number of ether oxygens (including phenoxy) is 1. The maximum atomic E-state index is 11.9. The molecule has 19 heavy (non-hydrogen) atoms. The molecule has 0 aliphatic carbocycles. The van der Waals surface area contributed by atoms with Gasteiger partial charge in [0.2, 0.25) is 0 Å². The van der Waals surface area contributed by atoms with Crippen LogP contribution in [0.3, 0.4) is 0 Å². The molecule has 0 aromatic heterocycles. The van der Waals surface area contributed by atoms with Crippen LogP contribution in [0.25, 0.3) is 0 Å². The predicted molar refractivity (Wildman–Crippen MR) is 71.4 cm³/mol. The lowest BCUT2D eigenvalue weighted by atomic mass is 10.1. The highest BCUT2D eigenvalue weighted by Crippen LogP contribution is 2.08. The van der Waals surface area contributed by atoms with Crippen LogP contribution in [0.15, 0.2) is 24.3 Å². The molecule has 0 saturated carbocycles. The van der Waals surface area contributed by atoms with E-state index in [1.807, 2.05) is 6.07 Å². The van der Waals surface area contributed by atoms with Gasteiger partial charge in [-0.25, -0.2) is 0 Å². The van der Waals surface area contributed by atoms with Crippen molar-refractivity contribution in [2.45, 2.75) is 6.54 Å². The average Bonchev–Trinajstić information content (AvgIpc) is 2.39. The van der Waals surface area contributed by atoms with Crippen molar-refractivity contribution in [2.75, 3.05) is 27.3 Å². The first-order valence-electron chi connectivity index (χ1n) is 5.68. The Morgan fingerprint density at radius 1 is 1.47 bits per heavy atom. The van der Waals surface area contributed by atoms with Crippen molar-refractivity contribution in [3.8, 4) is 6.07 Å². The van der Waals surface area contributed by atoms with E-state index in [0.717, 1.165) is 5.56 Å². The molecular formula is C12H17N3O3S. The molecule has 0 spiro atoms. The molecule has 1 N–H and O–H groups in total. The Kier molecular flexibility index (Phi) is 5.92. The first kappa shape index (κ1) is 15.6. The topological polar surface area (TPSA) is 82.4 Å². The summed E-state index contributed by atoms with van der Waals surface area (Å²) in [7, 11) is -0.544. The molecule has 0 saturated heterocycles. The highest BCUT2D eigenvalue weighted by Gasteiger charge is 2.16. The Bertz CT molecular complexity index is 552. The fourth-order valence-corrected chi connectivity index (χ4v) is 2.34. The monoisotopic (exact) mass is 283 g/mol. The largest absolute Gasteiger partial charge is 0.383 e. The standard InChI is InChI=1S/C12H17N3O3S/c1-15(19(16,17)14-6-7-18-2)10-12-5-3-4-11(8-12)9-13/h3-5,8,14H,6-7,10H2,1-2H3. The van der Waals surface area contributed by atoms with Crippen LogP contribution in [-0.4, -0.2) is 40.0 Å². The normalized spacial score (nSPS) is 11.5. The van der Waals surface area contributed by atoms with E-state index in [9.17, 15) is 8.42 Å². The van der Waals surface area contributed by atoms with Crippen LogP contribution >= 0.6 is 0 Å². The maximum Gasteiger partial charge on any atom is 0.279 e. The zero-order valence-electron chi connectivity index (χ0n) is 11.0. The van der Waals surface area contributed by atoms with Crippen LogP contribution < -0.4 is 4.72 Å². The maximum absolute atomic E-state index is 11.9. The molecule has 1 aromatic rings. The third kappa shape index (κ3) is 4.96. The van der Waals surface area contributed by atoms with Crippen LogP contribution in [-0.2, 0) is 21.5 Å². The van der Waals surface area contributed by atoms with E-state index in [2.05, 4.69) is 4.72 Å². The first-order chi connectivity index (χ1) is 8.99. The van der Waals surface area contributed by atoms with Crippen molar-refractivity contribution in [3.05, 3.63) is 35.4 Å². The smallest absolute Gasteiger partial charge is 0.279 e. The van der Waals surface area contributed by atoms with Gasteiger partial charge in [-0.15, -0.1) is 0 Å². The molecule has 104 valence electrons. The lowest BCUT2D eigenvalue weighted by Gasteiger charge is -2.17. The van der Waals surface area contributed by atoms with Gasteiger partial charge < -0.3 is 4.74 Å². The second kappa shape index (κ2) is 7.21. The van der Waals surface area contributed by atoms with Crippen molar-refractivity contribution in [1.82, 2.24) is 9.03 Å². The molecule has 0 aliphatic rings. The molecule has 0 unspecified atom stereocenters. The number of hydrogen-bond donors (Lipinski definition) is 1. The van der Waals surface area contributed by atoms with Crippen LogP contribution in [0.4, 0.5) is 0 Å². The summed E-state index contributed by atoms with van der Waals surface area (Å²) in [4.78, 5) is 0. The van der Waals surface area contributed by atoms with Crippen molar-refractivity contribution in [1.29, 1.82) is 5.26 Å². The molecule has 0 fully saturated rings. The highest BCUT2D eigenvalue weighted by atomic mass is 32.2. The molecular weight excluding hydrogens is 266 g/mol. The summed E-state index contributed by atoms with van der Waals surface area (Å²) < 4.78 is 32.1.